The van der Waals surface area contributed by atoms with Crippen LogP contribution in [0, 0.1) is 0 Å². The van der Waals surface area contributed by atoms with E-state index in [1.54, 1.807) is 0 Å². The molecule has 0 fully saturated rings. The molecule has 0 aliphatic heterocycles. The number of rotatable bonds is 11. The minimum atomic E-state index is 0.0478. The molecule has 2 N–H and O–H groups in total. The highest BCUT2D eigenvalue weighted by Gasteiger charge is 2.12. The summed E-state index contributed by atoms with van der Waals surface area (Å²) in [6, 6.07) is 3.80. The second-order valence-corrected chi connectivity index (χ2v) is 4.69. The normalized spacial score (nSPS) is 10.7. The summed E-state index contributed by atoms with van der Waals surface area (Å²) < 4.78 is 16.3. The largest absolute Gasteiger partial charge is 0.490 e. The summed E-state index contributed by atoms with van der Waals surface area (Å²) in [6.07, 6.45) is 0. The highest BCUT2D eigenvalue weighted by Crippen LogP contribution is 2.36. The van der Waals surface area contributed by atoms with Crippen molar-refractivity contribution in [2.24, 2.45) is 0 Å². The first-order chi connectivity index (χ1) is 10.2. The van der Waals surface area contributed by atoms with Crippen molar-refractivity contribution in [3.05, 3.63) is 22.7 Å². The number of aliphatic hydroxyl groups excluding tert-OH is 1. The number of benzene rings is 1. The van der Waals surface area contributed by atoms with Crippen LogP contribution in [0.25, 0.3) is 0 Å². The Hall–Kier alpha value is -1.01. The molecule has 6 heteroatoms. The van der Waals surface area contributed by atoms with Crippen LogP contribution in [0.3, 0.4) is 0 Å². The lowest BCUT2D eigenvalue weighted by molar-refractivity contribution is 0.0938. The number of ether oxygens (including phenoxy) is 3. The predicted molar refractivity (Wildman–Crippen MR) is 83.4 cm³/mol. The molecule has 0 aliphatic carbocycles. The molecule has 5 nitrogen and oxygen atoms in total. The van der Waals surface area contributed by atoms with Crippen LogP contribution in [0.1, 0.15) is 19.4 Å². The van der Waals surface area contributed by atoms with Gasteiger partial charge in [0, 0.05) is 13.1 Å². The first-order valence-electron chi connectivity index (χ1n) is 7.20. The lowest BCUT2D eigenvalue weighted by Gasteiger charge is -2.14. The van der Waals surface area contributed by atoms with Crippen molar-refractivity contribution < 1.29 is 19.3 Å². The molecule has 0 aliphatic rings. The quantitative estimate of drug-likeness (QED) is 0.613. The smallest absolute Gasteiger partial charge is 0.179 e. The maximum Gasteiger partial charge on any atom is 0.179 e. The lowest BCUT2D eigenvalue weighted by atomic mass is 10.2. The maximum atomic E-state index is 8.60. The first kappa shape index (κ1) is 18.0. The zero-order valence-corrected chi connectivity index (χ0v) is 13.4. The standard InChI is InChI=1S/C15H24ClNO4/c1-3-20-14-10-12(9-13(16)15(14)21-4-2)11-17-5-7-19-8-6-18/h9-10,17-18H,3-8,11H2,1-2H3. The van der Waals surface area contributed by atoms with E-state index in [1.807, 2.05) is 26.0 Å². The molecule has 0 radical (unpaired) electrons. The van der Waals surface area contributed by atoms with E-state index in [4.69, 9.17) is 30.9 Å². The second kappa shape index (κ2) is 10.7. The number of halogens is 1. The first-order valence-corrected chi connectivity index (χ1v) is 7.58. The molecule has 0 heterocycles. The monoisotopic (exact) mass is 317 g/mol. The van der Waals surface area contributed by atoms with Gasteiger partial charge in [0.05, 0.1) is 38.1 Å². The van der Waals surface area contributed by atoms with Gasteiger partial charge in [0.15, 0.2) is 11.5 Å². The fourth-order valence-electron chi connectivity index (χ4n) is 1.81. The fourth-order valence-corrected chi connectivity index (χ4v) is 2.10. The Balaban J connectivity index is 2.58. The highest BCUT2D eigenvalue weighted by atomic mass is 35.5. The van der Waals surface area contributed by atoms with Crippen molar-refractivity contribution in [3.63, 3.8) is 0 Å². The average Bonchev–Trinajstić information content (AvgIpc) is 2.46. The number of aliphatic hydroxyl groups is 1. The molecule has 0 amide bonds. The van der Waals surface area contributed by atoms with Gasteiger partial charge in [-0.2, -0.15) is 0 Å². The van der Waals surface area contributed by atoms with Gasteiger partial charge in [0.1, 0.15) is 0 Å². The number of nitrogens with one attached hydrogen (secondary N) is 1. The van der Waals surface area contributed by atoms with Crippen molar-refractivity contribution in [2.75, 3.05) is 39.6 Å². The van der Waals surface area contributed by atoms with E-state index in [-0.39, 0.29) is 6.61 Å². The summed E-state index contributed by atoms with van der Waals surface area (Å²) in [7, 11) is 0. The third-order valence-corrected chi connectivity index (χ3v) is 2.93. The molecule has 0 atom stereocenters. The summed E-state index contributed by atoms with van der Waals surface area (Å²) >= 11 is 6.25. The molecular weight excluding hydrogens is 294 g/mol. The second-order valence-electron chi connectivity index (χ2n) is 4.28. The van der Waals surface area contributed by atoms with Crippen molar-refractivity contribution in [2.45, 2.75) is 20.4 Å². The van der Waals surface area contributed by atoms with Gasteiger partial charge in [0.2, 0.25) is 0 Å². The zero-order valence-electron chi connectivity index (χ0n) is 12.7. The fraction of sp³-hybridized carbons (Fsp3) is 0.600. The molecular formula is C15H24ClNO4. The summed E-state index contributed by atoms with van der Waals surface area (Å²) in [4.78, 5) is 0. The van der Waals surface area contributed by atoms with Crippen LogP contribution in [0.5, 0.6) is 11.5 Å². The molecule has 0 spiro atoms. The Labute approximate surface area is 131 Å². The van der Waals surface area contributed by atoms with Gasteiger partial charge in [-0.05, 0) is 31.5 Å². The summed E-state index contributed by atoms with van der Waals surface area (Å²) in [5, 5.41) is 12.4. The van der Waals surface area contributed by atoms with Crippen LogP contribution in [0.2, 0.25) is 5.02 Å². The summed E-state index contributed by atoms with van der Waals surface area (Å²) in [6.45, 7) is 7.27. The van der Waals surface area contributed by atoms with Crippen molar-refractivity contribution in [1.82, 2.24) is 5.32 Å². The molecule has 1 aromatic carbocycles. The van der Waals surface area contributed by atoms with Crippen LogP contribution in [-0.2, 0) is 11.3 Å². The van der Waals surface area contributed by atoms with Gasteiger partial charge in [-0.3, -0.25) is 0 Å². The van der Waals surface area contributed by atoms with E-state index in [2.05, 4.69) is 5.32 Å². The van der Waals surface area contributed by atoms with E-state index in [0.29, 0.717) is 56.0 Å². The zero-order chi connectivity index (χ0) is 15.5. The molecule has 120 valence electrons. The van der Waals surface area contributed by atoms with Crippen molar-refractivity contribution >= 4 is 11.6 Å². The Morgan fingerprint density at radius 1 is 1.14 bits per heavy atom. The minimum absolute atomic E-state index is 0.0478. The average molecular weight is 318 g/mol. The third-order valence-electron chi connectivity index (χ3n) is 2.65. The number of hydrogen-bond acceptors (Lipinski definition) is 5. The van der Waals surface area contributed by atoms with Gasteiger partial charge in [-0.25, -0.2) is 0 Å². The Bertz CT molecular complexity index is 415. The van der Waals surface area contributed by atoms with Gasteiger partial charge >= 0.3 is 0 Å². The molecule has 21 heavy (non-hydrogen) atoms. The molecule has 0 unspecified atom stereocenters. The third kappa shape index (κ3) is 6.52. The Kier molecular flexibility index (Phi) is 9.17. The lowest BCUT2D eigenvalue weighted by Crippen LogP contribution is -2.20. The van der Waals surface area contributed by atoms with Crippen LogP contribution < -0.4 is 14.8 Å². The molecule has 0 aromatic heterocycles. The van der Waals surface area contributed by atoms with Gasteiger partial charge < -0.3 is 24.6 Å². The maximum absolute atomic E-state index is 8.60. The molecule has 0 saturated heterocycles. The summed E-state index contributed by atoms with van der Waals surface area (Å²) in [5.74, 6) is 1.26. The number of hydrogen-bond donors (Lipinski definition) is 2. The molecule has 0 saturated carbocycles. The molecule has 1 rings (SSSR count). The van der Waals surface area contributed by atoms with Gasteiger partial charge in [-0.1, -0.05) is 11.6 Å². The summed E-state index contributed by atoms with van der Waals surface area (Å²) in [5.41, 5.74) is 1.02. The Morgan fingerprint density at radius 2 is 1.90 bits per heavy atom. The van der Waals surface area contributed by atoms with Gasteiger partial charge in [0.25, 0.3) is 0 Å². The molecule has 0 bridgehead atoms. The van der Waals surface area contributed by atoms with Crippen molar-refractivity contribution in [3.8, 4) is 11.5 Å². The van der Waals surface area contributed by atoms with Crippen LogP contribution in [0.15, 0.2) is 12.1 Å². The highest BCUT2D eigenvalue weighted by molar-refractivity contribution is 6.32. The van der Waals surface area contributed by atoms with Crippen molar-refractivity contribution in [1.29, 1.82) is 0 Å². The van der Waals surface area contributed by atoms with Crippen LogP contribution >= 0.6 is 11.6 Å². The van der Waals surface area contributed by atoms with Gasteiger partial charge in [-0.15, -0.1) is 0 Å². The van der Waals surface area contributed by atoms with E-state index < -0.39 is 0 Å². The van der Waals surface area contributed by atoms with E-state index >= 15 is 0 Å². The van der Waals surface area contributed by atoms with E-state index in [9.17, 15) is 0 Å². The van der Waals surface area contributed by atoms with E-state index in [0.717, 1.165) is 5.56 Å². The van der Waals surface area contributed by atoms with E-state index in [1.165, 1.54) is 0 Å². The minimum Gasteiger partial charge on any atom is -0.490 e. The van der Waals surface area contributed by atoms with Crippen LogP contribution in [0.4, 0.5) is 0 Å². The van der Waals surface area contributed by atoms with Crippen LogP contribution in [-0.4, -0.2) is 44.7 Å². The Morgan fingerprint density at radius 3 is 2.57 bits per heavy atom. The molecule has 1 aromatic rings. The predicted octanol–water partition coefficient (Wildman–Crippen LogP) is 2.24. The SMILES string of the molecule is CCOc1cc(CNCCOCCO)cc(Cl)c1OCC. The topological polar surface area (TPSA) is 60.0 Å².